The fourth-order valence-corrected chi connectivity index (χ4v) is 4.98. The van der Waals surface area contributed by atoms with Crippen LogP contribution in [0.1, 0.15) is 40.4 Å². The standard InChI is InChI=1S/C26H18Br2N4O/c1-14-20(24-15(2)22(12-30)26(31)32-25(24)21(14)11-29)9-16-3-7-19(8-4-16)33-13-17-5-6-18(27)10-23(17)28/h3-10H,13H2,1-2H3,(H2,31,32)/b20-9-. The van der Waals surface area contributed by atoms with E-state index in [1.165, 1.54) is 0 Å². The molecular formula is C26H18Br2N4O. The number of nitrogens with two attached hydrogens (primary N) is 1. The zero-order valence-corrected chi connectivity index (χ0v) is 21.1. The second kappa shape index (κ2) is 9.23. The topological polar surface area (TPSA) is 95.7 Å². The van der Waals surface area contributed by atoms with Crippen molar-refractivity contribution in [2.45, 2.75) is 20.5 Å². The molecule has 1 aromatic heterocycles. The third-order valence-corrected chi connectivity index (χ3v) is 6.82. The maximum atomic E-state index is 9.70. The van der Waals surface area contributed by atoms with Gasteiger partial charge in [0.15, 0.2) is 0 Å². The van der Waals surface area contributed by atoms with E-state index >= 15 is 0 Å². The SMILES string of the molecule is CC1=C(C#N)c2nc(N)c(C#N)c(C)c2/C1=C\c1ccc(OCc2ccc(Br)cc2Br)cc1. The van der Waals surface area contributed by atoms with E-state index in [1.807, 2.05) is 62.4 Å². The van der Waals surface area contributed by atoms with Crippen LogP contribution in [0.25, 0.3) is 17.2 Å². The van der Waals surface area contributed by atoms with Crippen molar-refractivity contribution in [3.8, 4) is 17.9 Å². The number of pyridine rings is 1. The summed E-state index contributed by atoms with van der Waals surface area (Å²) < 4.78 is 7.92. The summed E-state index contributed by atoms with van der Waals surface area (Å²) >= 11 is 7.00. The van der Waals surface area contributed by atoms with Crippen molar-refractivity contribution in [3.63, 3.8) is 0 Å². The molecule has 7 heteroatoms. The first-order valence-corrected chi connectivity index (χ1v) is 11.6. The summed E-state index contributed by atoms with van der Waals surface area (Å²) in [5, 5.41) is 19.2. The summed E-state index contributed by atoms with van der Waals surface area (Å²) in [4.78, 5) is 4.37. The molecule has 0 amide bonds. The average Bonchev–Trinajstić information content (AvgIpc) is 3.05. The molecule has 0 bridgehead atoms. The van der Waals surface area contributed by atoms with Crippen molar-refractivity contribution in [2.24, 2.45) is 0 Å². The van der Waals surface area contributed by atoms with E-state index in [-0.39, 0.29) is 5.82 Å². The summed E-state index contributed by atoms with van der Waals surface area (Å²) in [5.41, 5.74) is 12.5. The third kappa shape index (κ3) is 4.30. The number of hydrogen-bond donors (Lipinski definition) is 1. The van der Waals surface area contributed by atoms with Gasteiger partial charge in [0, 0.05) is 20.1 Å². The number of nitrogen functional groups attached to an aromatic ring is 1. The lowest BCUT2D eigenvalue weighted by Crippen LogP contribution is -2.03. The second-order valence-corrected chi connectivity index (χ2v) is 9.37. The average molecular weight is 562 g/mol. The summed E-state index contributed by atoms with van der Waals surface area (Å²) in [7, 11) is 0. The Bertz CT molecular complexity index is 1420. The molecule has 162 valence electrons. The van der Waals surface area contributed by atoms with E-state index < -0.39 is 0 Å². The van der Waals surface area contributed by atoms with E-state index in [4.69, 9.17) is 10.5 Å². The Kier molecular flexibility index (Phi) is 6.37. The van der Waals surface area contributed by atoms with Crippen LogP contribution >= 0.6 is 31.9 Å². The first-order valence-electron chi connectivity index (χ1n) is 10.0. The number of benzene rings is 2. The number of halogens is 2. The van der Waals surface area contributed by atoms with Gasteiger partial charge in [-0.05, 0) is 66.5 Å². The molecule has 1 heterocycles. The molecule has 0 fully saturated rings. The van der Waals surface area contributed by atoms with Crippen LogP contribution in [0.4, 0.5) is 5.82 Å². The number of rotatable bonds is 4. The predicted molar refractivity (Wildman–Crippen MR) is 137 cm³/mol. The molecule has 1 aliphatic rings. The fraction of sp³-hybridized carbons (Fsp3) is 0.115. The molecule has 3 aromatic rings. The largest absolute Gasteiger partial charge is 0.489 e. The molecular weight excluding hydrogens is 544 g/mol. The maximum absolute atomic E-state index is 9.70. The van der Waals surface area contributed by atoms with Crippen LogP contribution in [0, 0.1) is 29.6 Å². The van der Waals surface area contributed by atoms with Gasteiger partial charge in [-0.1, -0.05) is 50.1 Å². The van der Waals surface area contributed by atoms with Gasteiger partial charge in [-0.2, -0.15) is 10.5 Å². The number of hydrogen-bond acceptors (Lipinski definition) is 5. The normalized spacial score (nSPS) is 13.6. The zero-order chi connectivity index (χ0) is 23.7. The summed E-state index contributed by atoms with van der Waals surface area (Å²) in [6.07, 6.45) is 2.00. The smallest absolute Gasteiger partial charge is 0.142 e. The predicted octanol–water partition coefficient (Wildman–Crippen LogP) is 6.80. The molecule has 2 aromatic carbocycles. The van der Waals surface area contributed by atoms with Gasteiger partial charge in [-0.3, -0.25) is 0 Å². The molecule has 1 aliphatic carbocycles. The van der Waals surface area contributed by atoms with E-state index in [9.17, 15) is 10.5 Å². The van der Waals surface area contributed by atoms with Gasteiger partial charge in [-0.15, -0.1) is 0 Å². The summed E-state index contributed by atoms with van der Waals surface area (Å²) in [5.74, 6) is 0.899. The minimum absolute atomic E-state index is 0.148. The lowest BCUT2D eigenvalue weighted by Gasteiger charge is -2.11. The van der Waals surface area contributed by atoms with Gasteiger partial charge in [0.25, 0.3) is 0 Å². The van der Waals surface area contributed by atoms with Crippen molar-refractivity contribution in [2.75, 3.05) is 5.73 Å². The monoisotopic (exact) mass is 560 g/mol. The lowest BCUT2D eigenvalue weighted by molar-refractivity contribution is 0.305. The summed E-state index contributed by atoms with van der Waals surface area (Å²) in [6.45, 7) is 4.17. The molecule has 5 nitrogen and oxygen atoms in total. The lowest BCUT2D eigenvalue weighted by atomic mass is 9.95. The van der Waals surface area contributed by atoms with Gasteiger partial charge in [0.2, 0.25) is 0 Å². The van der Waals surface area contributed by atoms with Crippen molar-refractivity contribution < 1.29 is 4.74 Å². The number of allylic oxidation sites excluding steroid dienone is 3. The highest BCUT2D eigenvalue weighted by atomic mass is 79.9. The number of fused-ring (bicyclic) bond motifs is 1. The molecule has 33 heavy (non-hydrogen) atoms. The van der Waals surface area contributed by atoms with Crippen molar-refractivity contribution >= 4 is 54.9 Å². The molecule has 0 spiro atoms. The fourth-order valence-electron chi connectivity index (χ4n) is 3.82. The van der Waals surface area contributed by atoms with E-state index in [1.54, 1.807) is 0 Å². The Morgan fingerprint density at radius 3 is 2.42 bits per heavy atom. The molecule has 0 saturated heterocycles. The van der Waals surface area contributed by atoms with Crippen molar-refractivity contribution in [1.29, 1.82) is 10.5 Å². The van der Waals surface area contributed by atoms with Gasteiger partial charge in [0.05, 0.1) is 16.8 Å². The molecule has 2 N–H and O–H groups in total. The van der Waals surface area contributed by atoms with Crippen LogP contribution < -0.4 is 10.5 Å². The Morgan fingerprint density at radius 1 is 1.06 bits per heavy atom. The van der Waals surface area contributed by atoms with E-state index in [2.05, 4.69) is 49.0 Å². The number of aromatic nitrogens is 1. The van der Waals surface area contributed by atoms with Crippen LogP contribution in [0.15, 0.2) is 57.0 Å². The van der Waals surface area contributed by atoms with Crippen LogP contribution in [-0.4, -0.2) is 4.98 Å². The van der Waals surface area contributed by atoms with Crippen molar-refractivity contribution in [1.82, 2.24) is 4.98 Å². The number of anilines is 1. The molecule has 0 saturated carbocycles. The Balaban J connectivity index is 1.64. The second-order valence-electron chi connectivity index (χ2n) is 7.60. The van der Waals surface area contributed by atoms with Crippen LogP contribution in [0.5, 0.6) is 5.75 Å². The molecule has 0 atom stereocenters. The highest BCUT2D eigenvalue weighted by Crippen LogP contribution is 2.44. The van der Waals surface area contributed by atoms with E-state index in [0.717, 1.165) is 48.1 Å². The number of ether oxygens (including phenoxy) is 1. The Morgan fingerprint density at radius 2 is 1.79 bits per heavy atom. The molecule has 0 aliphatic heterocycles. The molecule has 4 rings (SSSR count). The molecule has 0 unspecified atom stereocenters. The maximum Gasteiger partial charge on any atom is 0.142 e. The first-order chi connectivity index (χ1) is 15.8. The number of nitriles is 2. The van der Waals surface area contributed by atoms with Gasteiger partial charge >= 0.3 is 0 Å². The minimum Gasteiger partial charge on any atom is -0.489 e. The highest BCUT2D eigenvalue weighted by Gasteiger charge is 2.29. The van der Waals surface area contributed by atoms with Crippen LogP contribution in [-0.2, 0) is 6.61 Å². The van der Waals surface area contributed by atoms with Gasteiger partial charge < -0.3 is 10.5 Å². The molecule has 0 radical (unpaired) electrons. The quantitative estimate of drug-likeness (QED) is 0.378. The van der Waals surface area contributed by atoms with Crippen LogP contribution in [0.3, 0.4) is 0 Å². The number of nitrogens with zero attached hydrogens (tertiary/aromatic N) is 3. The Labute approximate surface area is 209 Å². The third-order valence-electron chi connectivity index (χ3n) is 5.58. The minimum atomic E-state index is 0.148. The first kappa shape index (κ1) is 22.8. The van der Waals surface area contributed by atoms with E-state index in [0.29, 0.717) is 23.4 Å². The summed E-state index contributed by atoms with van der Waals surface area (Å²) in [6, 6.07) is 18.1. The Hall–Kier alpha value is -3.39. The van der Waals surface area contributed by atoms with Crippen LogP contribution in [0.2, 0.25) is 0 Å². The zero-order valence-electron chi connectivity index (χ0n) is 17.9. The highest BCUT2D eigenvalue weighted by molar-refractivity contribution is 9.11. The van der Waals surface area contributed by atoms with Gasteiger partial charge in [-0.25, -0.2) is 4.98 Å². The van der Waals surface area contributed by atoms with Crippen molar-refractivity contribution in [3.05, 3.63) is 90.5 Å². The van der Waals surface area contributed by atoms with Gasteiger partial charge in [0.1, 0.15) is 30.3 Å².